The molecule has 5 nitrogen and oxygen atoms in total. The van der Waals surface area contributed by atoms with Crippen molar-refractivity contribution in [1.29, 1.82) is 0 Å². The van der Waals surface area contributed by atoms with Crippen LogP contribution in [0.1, 0.15) is 0 Å². The summed E-state index contributed by atoms with van der Waals surface area (Å²) in [6.07, 6.45) is 0. The highest BCUT2D eigenvalue weighted by molar-refractivity contribution is 6.28. The van der Waals surface area contributed by atoms with E-state index in [1.807, 2.05) is 72.8 Å². The third kappa shape index (κ3) is 5.00. The smallest absolute Gasteiger partial charge is 0.164 e. The van der Waals surface area contributed by atoms with Crippen LogP contribution in [-0.2, 0) is 0 Å². The second kappa shape index (κ2) is 12.8. The second-order valence-corrected chi connectivity index (χ2v) is 14.8. The topological polar surface area (TPSA) is 56.7 Å². The molecule has 12 aromatic rings. The average molecular weight is 741 g/mol. The number of fused-ring (bicyclic) bond motifs is 10. The molecule has 0 N–H and O–H groups in total. The highest BCUT2D eigenvalue weighted by atomic mass is 16.3. The largest absolute Gasteiger partial charge is 0.455 e. The van der Waals surface area contributed by atoms with Crippen LogP contribution in [0.15, 0.2) is 199 Å². The average Bonchev–Trinajstić information content (AvgIpc) is 3.86. The van der Waals surface area contributed by atoms with E-state index in [4.69, 9.17) is 19.4 Å². The fourth-order valence-electron chi connectivity index (χ4n) is 8.82. The van der Waals surface area contributed by atoms with E-state index in [1.54, 1.807) is 0 Å². The third-order valence-corrected chi connectivity index (χ3v) is 11.4. The van der Waals surface area contributed by atoms with Crippen molar-refractivity contribution in [3.05, 3.63) is 194 Å². The van der Waals surface area contributed by atoms with E-state index in [-0.39, 0.29) is 0 Å². The number of aromatic nitrogens is 4. The lowest BCUT2D eigenvalue weighted by atomic mass is 9.99. The lowest BCUT2D eigenvalue weighted by molar-refractivity contribution is 0.670. The minimum atomic E-state index is 0.586. The fourth-order valence-corrected chi connectivity index (χ4v) is 8.82. The Labute approximate surface area is 333 Å². The van der Waals surface area contributed by atoms with Gasteiger partial charge in [-0.15, -0.1) is 0 Å². The van der Waals surface area contributed by atoms with E-state index in [9.17, 15) is 0 Å². The van der Waals surface area contributed by atoms with Gasteiger partial charge >= 0.3 is 0 Å². The minimum absolute atomic E-state index is 0.586. The molecule has 270 valence electrons. The summed E-state index contributed by atoms with van der Waals surface area (Å²) >= 11 is 0. The van der Waals surface area contributed by atoms with Gasteiger partial charge in [-0.1, -0.05) is 164 Å². The number of hydrogen-bond donors (Lipinski definition) is 0. The molecule has 3 aromatic heterocycles. The van der Waals surface area contributed by atoms with E-state index in [2.05, 4.69) is 126 Å². The molecule has 0 amide bonds. The molecule has 3 heterocycles. The predicted octanol–water partition coefficient (Wildman–Crippen LogP) is 13.8. The van der Waals surface area contributed by atoms with Crippen molar-refractivity contribution in [2.45, 2.75) is 0 Å². The molecule has 58 heavy (non-hydrogen) atoms. The van der Waals surface area contributed by atoms with Gasteiger partial charge in [0.15, 0.2) is 17.5 Å². The van der Waals surface area contributed by atoms with Crippen molar-refractivity contribution in [3.63, 3.8) is 0 Å². The zero-order chi connectivity index (χ0) is 38.2. The Bertz CT molecular complexity index is 3400. The first-order valence-corrected chi connectivity index (χ1v) is 19.5. The first-order valence-electron chi connectivity index (χ1n) is 19.5. The monoisotopic (exact) mass is 740 g/mol. The summed E-state index contributed by atoms with van der Waals surface area (Å²) in [4.78, 5) is 15.3. The Morgan fingerprint density at radius 2 is 0.879 bits per heavy atom. The van der Waals surface area contributed by atoms with Gasteiger partial charge in [0.25, 0.3) is 0 Å². The Morgan fingerprint density at radius 1 is 0.362 bits per heavy atom. The second-order valence-electron chi connectivity index (χ2n) is 14.8. The zero-order valence-corrected chi connectivity index (χ0v) is 31.2. The summed E-state index contributed by atoms with van der Waals surface area (Å²) in [5, 5.41) is 9.34. The van der Waals surface area contributed by atoms with Gasteiger partial charge in [0.1, 0.15) is 11.2 Å². The molecule has 0 atom stereocenters. The van der Waals surface area contributed by atoms with Crippen LogP contribution in [0.3, 0.4) is 0 Å². The standard InChI is InChI=1S/C53H32N4O/c1-4-15-33(16-5-1)42-31-38(57-44-29-27-34-17-10-12-23-39(34)48(44)49-40-24-13-11-18-35(40)28-30-45(49)57)32-43-47-41(25-14-26-46(47)58-50(42)43)53-55-51(36-19-6-2-7-20-36)54-52(56-53)37-21-8-3-9-22-37/h1-32H. The van der Waals surface area contributed by atoms with Gasteiger partial charge in [0.2, 0.25) is 0 Å². The molecule has 0 aliphatic rings. The molecule has 0 aliphatic carbocycles. The van der Waals surface area contributed by atoms with Gasteiger partial charge in [-0.05, 0) is 57.4 Å². The molecule has 9 aromatic carbocycles. The predicted molar refractivity (Wildman–Crippen MR) is 238 cm³/mol. The molecule has 0 fully saturated rings. The Hall–Kier alpha value is -7.89. The molecule has 0 bridgehead atoms. The zero-order valence-electron chi connectivity index (χ0n) is 31.2. The van der Waals surface area contributed by atoms with E-state index in [1.165, 1.54) is 32.3 Å². The van der Waals surface area contributed by atoms with Crippen LogP contribution in [0.5, 0.6) is 0 Å². The summed E-state index contributed by atoms with van der Waals surface area (Å²) in [6.45, 7) is 0. The van der Waals surface area contributed by atoms with E-state index < -0.39 is 0 Å². The van der Waals surface area contributed by atoms with Crippen LogP contribution in [0.4, 0.5) is 0 Å². The van der Waals surface area contributed by atoms with Crippen molar-refractivity contribution >= 4 is 65.3 Å². The van der Waals surface area contributed by atoms with Crippen LogP contribution in [0.25, 0.3) is 116 Å². The SMILES string of the molecule is c1ccc(-c2nc(-c3ccccc3)nc(-c3cccc4oc5c(-c6ccccc6)cc(-n6c7ccc8ccccc8c7c7c8ccccc8ccc76)cc5c34)n2)cc1. The molecule has 0 unspecified atom stereocenters. The van der Waals surface area contributed by atoms with Crippen LogP contribution in [0.2, 0.25) is 0 Å². The molecular weight excluding hydrogens is 709 g/mol. The Kier molecular flexibility index (Phi) is 7.16. The van der Waals surface area contributed by atoms with Crippen molar-refractivity contribution < 1.29 is 4.42 Å². The Balaban J connectivity index is 1.20. The Morgan fingerprint density at radius 3 is 1.47 bits per heavy atom. The summed E-state index contributed by atoms with van der Waals surface area (Å²) in [5.41, 5.74) is 9.73. The van der Waals surface area contributed by atoms with Gasteiger partial charge in [0, 0.05) is 49.5 Å². The quantitative estimate of drug-likeness (QED) is 0.176. The number of hydrogen-bond acceptors (Lipinski definition) is 4. The highest BCUT2D eigenvalue weighted by Gasteiger charge is 2.23. The summed E-state index contributed by atoms with van der Waals surface area (Å²) in [7, 11) is 0. The van der Waals surface area contributed by atoms with Crippen LogP contribution >= 0.6 is 0 Å². The number of nitrogens with zero attached hydrogens (tertiary/aromatic N) is 4. The summed E-state index contributed by atoms with van der Waals surface area (Å²) in [6, 6.07) is 68.0. The van der Waals surface area contributed by atoms with Gasteiger partial charge < -0.3 is 8.98 Å². The molecule has 0 spiro atoms. The molecule has 12 rings (SSSR count). The summed E-state index contributed by atoms with van der Waals surface area (Å²) < 4.78 is 9.34. The molecule has 0 radical (unpaired) electrons. The van der Waals surface area contributed by atoms with Crippen molar-refractivity contribution in [2.24, 2.45) is 0 Å². The third-order valence-electron chi connectivity index (χ3n) is 11.4. The molecule has 0 saturated carbocycles. The van der Waals surface area contributed by atoms with E-state index in [0.717, 1.165) is 66.5 Å². The van der Waals surface area contributed by atoms with Crippen LogP contribution in [0, 0.1) is 0 Å². The number of rotatable bonds is 5. The highest BCUT2D eigenvalue weighted by Crippen LogP contribution is 2.45. The van der Waals surface area contributed by atoms with E-state index in [0.29, 0.717) is 17.5 Å². The van der Waals surface area contributed by atoms with E-state index >= 15 is 0 Å². The molecule has 0 saturated heterocycles. The van der Waals surface area contributed by atoms with Crippen LogP contribution in [-0.4, -0.2) is 19.5 Å². The minimum Gasteiger partial charge on any atom is -0.455 e. The fraction of sp³-hybridized carbons (Fsp3) is 0. The van der Waals surface area contributed by atoms with Gasteiger partial charge in [-0.2, -0.15) is 0 Å². The van der Waals surface area contributed by atoms with Gasteiger partial charge in [-0.3, -0.25) is 0 Å². The van der Waals surface area contributed by atoms with Gasteiger partial charge in [0.05, 0.1) is 11.0 Å². The lowest BCUT2D eigenvalue weighted by Crippen LogP contribution is -2.00. The molecular formula is C53H32N4O. The first kappa shape index (κ1) is 32.4. The van der Waals surface area contributed by atoms with Gasteiger partial charge in [-0.25, -0.2) is 15.0 Å². The number of furan rings is 1. The maximum Gasteiger partial charge on any atom is 0.164 e. The molecule has 0 aliphatic heterocycles. The summed E-state index contributed by atoms with van der Waals surface area (Å²) in [5.74, 6) is 1.82. The van der Waals surface area contributed by atoms with Crippen molar-refractivity contribution in [3.8, 4) is 51.0 Å². The lowest BCUT2D eigenvalue weighted by Gasteiger charge is -2.13. The normalized spacial score (nSPS) is 11.8. The van der Waals surface area contributed by atoms with Crippen LogP contribution < -0.4 is 0 Å². The maximum atomic E-state index is 6.91. The number of benzene rings is 9. The first-order chi connectivity index (χ1) is 28.8. The molecule has 5 heteroatoms. The van der Waals surface area contributed by atoms with Crippen molar-refractivity contribution in [2.75, 3.05) is 0 Å². The van der Waals surface area contributed by atoms with Crippen molar-refractivity contribution in [1.82, 2.24) is 19.5 Å². The maximum absolute atomic E-state index is 6.91.